The maximum atomic E-state index is 12.7. The van der Waals surface area contributed by atoms with E-state index in [4.69, 9.17) is 14.9 Å². The number of carbonyl (C=O) groups is 1. The summed E-state index contributed by atoms with van der Waals surface area (Å²) in [7, 11) is -3.80. The van der Waals surface area contributed by atoms with Crippen molar-refractivity contribution in [3.8, 4) is 0 Å². The summed E-state index contributed by atoms with van der Waals surface area (Å²) in [6.07, 6.45) is 1.35. The van der Waals surface area contributed by atoms with Crippen molar-refractivity contribution < 1.29 is 22.4 Å². The van der Waals surface area contributed by atoms with E-state index >= 15 is 0 Å². The van der Waals surface area contributed by atoms with E-state index in [2.05, 4.69) is 4.98 Å². The van der Waals surface area contributed by atoms with E-state index in [1.807, 2.05) is 0 Å². The minimum absolute atomic E-state index is 0.0899. The van der Waals surface area contributed by atoms with Crippen LogP contribution >= 0.6 is 0 Å². The second-order valence-electron chi connectivity index (χ2n) is 5.80. The average molecular weight is 376 g/mol. The molecule has 0 aliphatic carbocycles. The van der Waals surface area contributed by atoms with Crippen molar-refractivity contribution in [1.29, 1.82) is 0 Å². The van der Waals surface area contributed by atoms with Crippen molar-refractivity contribution in [1.82, 2.24) is 13.9 Å². The Balaban J connectivity index is 1.65. The van der Waals surface area contributed by atoms with Crippen LogP contribution in [-0.4, -0.2) is 54.5 Å². The van der Waals surface area contributed by atoms with E-state index in [0.717, 1.165) is 0 Å². The first-order valence-corrected chi connectivity index (χ1v) is 9.36. The molecule has 1 saturated heterocycles. The first-order valence-electron chi connectivity index (χ1n) is 7.92. The highest BCUT2D eigenvalue weighted by molar-refractivity contribution is 7.89. The highest BCUT2D eigenvalue weighted by Crippen LogP contribution is 2.22. The van der Waals surface area contributed by atoms with Crippen molar-refractivity contribution >= 4 is 32.7 Å². The summed E-state index contributed by atoms with van der Waals surface area (Å²) >= 11 is 0. The predicted molar refractivity (Wildman–Crippen MR) is 92.2 cm³/mol. The zero-order valence-corrected chi connectivity index (χ0v) is 14.5. The molecule has 0 atom stereocenters. The Morgan fingerprint density at radius 3 is 2.69 bits per heavy atom. The van der Waals surface area contributed by atoms with E-state index in [9.17, 15) is 13.2 Å². The van der Waals surface area contributed by atoms with Crippen molar-refractivity contribution in [2.75, 3.05) is 32.0 Å². The van der Waals surface area contributed by atoms with Gasteiger partial charge in [0.05, 0.1) is 24.2 Å². The van der Waals surface area contributed by atoms with Gasteiger partial charge >= 0.3 is 0 Å². The van der Waals surface area contributed by atoms with Crippen LogP contribution in [0, 0.1) is 0 Å². The van der Waals surface area contributed by atoms with Crippen LogP contribution in [-0.2, 0) is 14.8 Å². The van der Waals surface area contributed by atoms with Gasteiger partial charge in [-0.2, -0.15) is 4.31 Å². The number of hydrogen-bond acceptors (Lipinski definition) is 7. The molecule has 0 amide bonds. The van der Waals surface area contributed by atoms with Crippen molar-refractivity contribution in [2.24, 2.45) is 0 Å². The summed E-state index contributed by atoms with van der Waals surface area (Å²) in [4.78, 5) is 16.8. The van der Waals surface area contributed by atoms with Crippen LogP contribution in [0.3, 0.4) is 0 Å². The molecule has 4 rings (SSSR count). The maximum absolute atomic E-state index is 12.7. The lowest BCUT2D eigenvalue weighted by atomic mass is 10.3. The third-order valence-corrected chi connectivity index (χ3v) is 5.92. The number of nitrogen functional groups attached to an aromatic ring is 1. The Hall–Kier alpha value is -2.69. The highest BCUT2D eigenvalue weighted by atomic mass is 32.2. The van der Waals surface area contributed by atoms with Crippen LogP contribution in [0.2, 0.25) is 0 Å². The van der Waals surface area contributed by atoms with Gasteiger partial charge in [0, 0.05) is 18.8 Å². The van der Waals surface area contributed by atoms with E-state index in [1.165, 1.54) is 27.3 Å². The number of aromatic nitrogens is 2. The Bertz CT molecular complexity index is 1080. The van der Waals surface area contributed by atoms with Gasteiger partial charge in [-0.15, -0.1) is 0 Å². The summed E-state index contributed by atoms with van der Waals surface area (Å²) in [5.74, 6) is -0.603. The Morgan fingerprint density at radius 2 is 1.92 bits per heavy atom. The lowest BCUT2D eigenvalue weighted by Gasteiger charge is -2.24. The number of rotatable bonds is 3. The summed E-state index contributed by atoms with van der Waals surface area (Å²) in [5, 5.41) is -0.267. The third-order valence-electron chi connectivity index (χ3n) is 4.15. The van der Waals surface area contributed by atoms with E-state index in [0.29, 0.717) is 29.9 Å². The van der Waals surface area contributed by atoms with Gasteiger partial charge in [-0.3, -0.25) is 9.36 Å². The monoisotopic (exact) mass is 376 g/mol. The number of morpholine rings is 1. The van der Waals surface area contributed by atoms with Crippen LogP contribution in [0.15, 0.2) is 46.2 Å². The molecule has 0 unspecified atom stereocenters. The van der Waals surface area contributed by atoms with Crippen molar-refractivity contribution in [3.63, 3.8) is 0 Å². The second-order valence-corrected chi connectivity index (χ2v) is 7.67. The summed E-state index contributed by atoms with van der Waals surface area (Å²) < 4.78 is 38.3. The van der Waals surface area contributed by atoms with E-state index in [1.54, 1.807) is 18.2 Å². The quantitative estimate of drug-likeness (QED) is 0.675. The number of nitrogens with zero attached hydrogens (tertiary/aromatic N) is 3. The fraction of sp³-hybridized carbons (Fsp3) is 0.250. The molecule has 3 aromatic rings. The number of imidazole rings is 1. The molecular formula is C16H16N4O5S. The number of benzene rings is 1. The van der Waals surface area contributed by atoms with E-state index < -0.39 is 15.9 Å². The van der Waals surface area contributed by atoms with Gasteiger partial charge in [0.1, 0.15) is 6.33 Å². The molecule has 10 heteroatoms. The minimum atomic E-state index is -3.80. The van der Waals surface area contributed by atoms with Crippen LogP contribution in [0.4, 0.5) is 5.69 Å². The van der Waals surface area contributed by atoms with Crippen LogP contribution in [0.1, 0.15) is 10.6 Å². The van der Waals surface area contributed by atoms with Crippen LogP contribution in [0.5, 0.6) is 0 Å². The Kier molecular flexibility index (Phi) is 4.02. The molecule has 2 N–H and O–H groups in total. The Morgan fingerprint density at radius 1 is 1.15 bits per heavy atom. The van der Waals surface area contributed by atoms with Crippen molar-refractivity contribution in [2.45, 2.75) is 5.09 Å². The molecule has 0 radical (unpaired) electrons. The molecule has 0 bridgehead atoms. The first-order chi connectivity index (χ1) is 12.5. The number of furan rings is 1. The number of sulfonamides is 1. The highest BCUT2D eigenvalue weighted by Gasteiger charge is 2.30. The van der Waals surface area contributed by atoms with E-state index in [-0.39, 0.29) is 23.9 Å². The smallest absolute Gasteiger partial charge is 0.299 e. The zero-order chi connectivity index (χ0) is 18.3. The molecule has 136 valence electrons. The molecule has 1 aromatic carbocycles. The molecule has 1 aliphatic heterocycles. The van der Waals surface area contributed by atoms with Crippen LogP contribution in [0.25, 0.3) is 11.0 Å². The summed E-state index contributed by atoms with van der Waals surface area (Å²) in [6, 6.07) is 7.61. The maximum Gasteiger partial charge on any atom is 0.299 e. The second kappa shape index (κ2) is 6.24. The van der Waals surface area contributed by atoms with Crippen LogP contribution < -0.4 is 5.73 Å². The molecule has 0 saturated carbocycles. The first kappa shape index (κ1) is 16.8. The molecule has 3 heterocycles. The van der Waals surface area contributed by atoms with Gasteiger partial charge in [-0.25, -0.2) is 13.4 Å². The number of carbonyl (C=O) groups excluding carboxylic acids is 1. The largest absolute Gasteiger partial charge is 0.438 e. The van der Waals surface area contributed by atoms with Gasteiger partial charge in [0.15, 0.2) is 5.76 Å². The van der Waals surface area contributed by atoms with Crippen molar-refractivity contribution in [3.05, 3.63) is 42.4 Å². The molecule has 26 heavy (non-hydrogen) atoms. The standard InChI is InChI=1S/C16H16N4O5S/c17-11-1-2-13-12(9-11)18-10-20(13)16(21)14-3-4-15(25-14)26(22,23)19-5-7-24-8-6-19/h1-4,9-10H,5-8,17H2. The normalized spacial score (nSPS) is 16.2. The fourth-order valence-corrected chi connectivity index (χ4v) is 4.12. The zero-order valence-electron chi connectivity index (χ0n) is 13.7. The Labute approximate surface area is 149 Å². The fourth-order valence-electron chi connectivity index (χ4n) is 2.80. The topological polar surface area (TPSA) is 121 Å². The molecule has 2 aromatic heterocycles. The van der Waals surface area contributed by atoms with Gasteiger partial charge in [-0.05, 0) is 30.3 Å². The summed E-state index contributed by atoms with van der Waals surface area (Å²) in [6.45, 7) is 1.16. The lowest BCUT2D eigenvalue weighted by Crippen LogP contribution is -2.40. The molecular weight excluding hydrogens is 360 g/mol. The molecule has 1 aliphatic rings. The minimum Gasteiger partial charge on any atom is -0.438 e. The van der Waals surface area contributed by atoms with Gasteiger partial charge < -0.3 is 14.9 Å². The summed E-state index contributed by atoms with van der Waals surface area (Å²) in [5.41, 5.74) is 7.36. The number of nitrogens with two attached hydrogens (primary N) is 1. The molecule has 0 spiro atoms. The molecule has 1 fully saturated rings. The van der Waals surface area contributed by atoms with Gasteiger partial charge in [0.25, 0.3) is 15.9 Å². The number of fused-ring (bicyclic) bond motifs is 1. The average Bonchev–Trinajstić information content (AvgIpc) is 3.29. The van der Waals surface area contributed by atoms with Gasteiger partial charge in [-0.1, -0.05) is 0 Å². The molecule has 9 nitrogen and oxygen atoms in total. The number of hydrogen-bond donors (Lipinski definition) is 1. The number of ether oxygens (including phenoxy) is 1. The van der Waals surface area contributed by atoms with Gasteiger partial charge in [0.2, 0.25) is 5.09 Å². The SMILES string of the molecule is Nc1ccc2c(c1)ncn2C(=O)c1ccc(S(=O)(=O)N2CCOCC2)o1. The number of anilines is 1. The lowest BCUT2D eigenvalue weighted by molar-refractivity contribution is 0.0722. The third kappa shape index (κ3) is 2.77. The predicted octanol–water partition coefficient (Wildman–Crippen LogP) is 0.921.